The van der Waals surface area contributed by atoms with E-state index in [0.29, 0.717) is 31.1 Å². The van der Waals surface area contributed by atoms with Crippen LogP contribution >= 0.6 is 0 Å². The van der Waals surface area contributed by atoms with Gasteiger partial charge in [-0.1, -0.05) is 18.2 Å². The molecule has 0 aliphatic rings. The lowest BCUT2D eigenvalue weighted by molar-refractivity contribution is 0.0767. The van der Waals surface area contributed by atoms with Crippen molar-refractivity contribution in [2.24, 2.45) is 0 Å². The summed E-state index contributed by atoms with van der Waals surface area (Å²) in [5.41, 5.74) is 1.41. The van der Waals surface area contributed by atoms with Gasteiger partial charge in [0, 0.05) is 31.3 Å². The summed E-state index contributed by atoms with van der Waals surface area (Å²) in [6.07, 6.45) is 1.40. The fourth-order valence-electron chi connectivity index (χ4n) is 2.28. The number of nitrogens with one attached hydrogen (secondary N) is 1. The second-order valence-electron chi connectivity index (χ2n) is 4.93. The van der Waals surface area contributed by atoms with Gasteiger partial charge in [0.25, 0.3) is 5.91 Å². The molecule has 1 aromatic heterocycles. The smallest absolute Gasteiger partial charge is 0.272 e. The van der Waals surface area contributed by atoms with Crippen LogP contribution < -0.4 is 10.1 Å². The SMILES string of the molecule is CCN(CC)C(=O)c1cc(NCc2ccccc2OC)ncn1. The highest BCUT2D eigenvalue weighted by Gasteiger charge is 2.14. The van der Waals surface area contributed by atoms with Gasteiger partial charge in [-0.3, -0.25) is 4.79 Å². The van der Waals surface area contributed by atoms with Gasteiger partial charge in [-0.25, -0.2) is 9.97 Å². The molecule has 0 fully saturated rings. The Morgan fingerprint density at radius 1 is 1.22 bits per heavy atom. The first-order valence-corrected chi connectivity index (χ1v) is 7.66. The summed E-state index contributed by atoms with van der Waals surface area (Å²) >= 11 is 0. The molecule has 0 aliphatic heterocycles. The molecule has 0 atom stereocenters. The number of benzene rings is 1. The van der Waals surface area contributed by atoms with Crippen molar-refractivity contribution in [1.29, 1.82) is 0 Å². The number of nitrogens with zero attached hydrogens (tertiary/aromatic N) is 3. The highest BCUT2D eigenvalue weighted by molar-refractivity contribution is 5.92. The number of carbonyl (C=O) groups excluding carboxylic acids is 1. The van der Waals surface area contributed by atoms with Crippen molar-refractivity contribution in [1.82, 2.24) is 14.9 Å². The molecule has 0 bridgehead atoms. The van der Waals surface area contributed by atoms with Gasteiger partial charge < -0.3 is 15.0 Å². The quantitative estimate of drug-likeness (QED) is 0.851. The number of anilines is 1. The van der Waals surface area contributed by atoms with Crippen molar-refractivity contribution in [3.63, 3.8) is 0 Å². The van der Waals surface area contributed by atoms with E-state index in [4.69, 9.17) is 4.74 Å². The zero-order valence-corrected chi connectivity index (χ0v) is 13.7. The topological polar surface area (TPSA) is 67.4 Å². The van der Waals surface area contributed by atoms with Gasteiger partial charge in [-0.05, 0) is 19.9 Å². The number of amides is 1. The molecule has 1 aromatic carbocycles. The molecule has 1 N–H and O–H groups in total. The van der Waals surface area contributed by atoms with Gasteiger partial charge in [0.05, 0.1) is 7.11 Å². The van der Waals surface area contributed by atoms with E-state index in [-0.39, 0.29) is 5.91 Å². The summed E-state index contributed by atoms with van der Waals surface area (Å²) in [5, 5.41) is 3.20. The predicted molar refractivity (Wildman–Crippen MR) is 89.6 cm³/mol. The third-order valence-corrected chi connectivity index (χ3v) is 3.59. The van der Waals surface area contributed by atoms with Crippen LogP contribution in [-0.4, -0.2) is 41.0 Å². The highest BCUT2D eigenvalue weighted by Crippen LogP contribution is 2.18. The van der Waals surface area contributed by atoms with Crippen molar-refractivity contribution < 1.29 is 9.53 Å². The Bertz CT molecular complexity index is 657. The standard InChI is InChI=1S/C17H22N4O2/c1-4-21(5-2)17(22)14-10-16(20-12-19-14)18-11-13-8-6-7-9-15(13)23-3/h6-10,12H,4-5,11H2,1-3H3,(H,18,19,20). The van der Waals surface area contributed by atoms with Crippen molar-refractivity contribution in [3.8, 4) is 5.75 Å². The summed E-state index contributed by atoms with van der Waals surface area (Å²) in [5.74, 6) is 1.34. The van der Waals surface area contributed by atoms with Crippen LogP contribution in [0.25, 0.3) is 0 Å². The van der Waals surface area contributed by atoms with Gasteiger partial charge in [-0.2, -0.15) is 0 Å². The molecule has 0 unspecified atom stereocenters. The maximum atomic E-state index is 12.3. The van der Waals surface area contributed by atoms with Crippen LogP contribution in [-0.2, 0) is 6.54 Å². The molecule has 0 aliphatic carbocycles. The summed E-state index contributed by atoms with van der Waals surface area (Å²) in [4.78, 5) is 22.3. The lowest BCUT2D eigenvalue weighted by Crippen LogP contribution is -2.31. The normalized spacial score (nSPS) is 10.2. The van der Waals surface area contributed by atoms with Crippen LogP contribution in [0.5, 0.6) is 5.75 Å². The van der Waals surface area contributed by atoms with E-state index in [0.717, 1.165) is 11.3 Å². The predicted octanol–water partition coefficient (Wildman–Crippen LogP) is 2.58. The van der Waals surface area contributed by atoms with Crippen LogP contribution in [0.15, 0.2) is 36.7 Å². The van der Waals surface area contributed by atoms with Crippen LogP contribution in [0.2, 0.25) is 0 Å². The number of carbonyl (C=O) groups is 1. The molecular weight excluding hydrogens is 292 g/mol. The average molecular weight is 314 g/mol. The molecule has 1 heterocycles. The number of para-hydroxylation sites is 1. The number of aromatic nitrogens is 2. The largest absolute Gasteiger partial charge is 0.496 e. The van der Waals surface area contributed by atoms with E-state index in [1.165, 1.54) is 6.33 Å². The number of hydrogen-bond donors (Lipinski definition) is 1. The first-order valence-electron chi connectivity index (χ1n) is 7.66. The van der Waals surface area contributed by atoms with E-state index < -0.39 is 0 Å². The average Bonchev–Trinajstić information content (AvgIpc) is 2.61. The molecule has 23 heavy (non-hydrogen) atoms. The third-order valence-electron chi connectivity index (χ3n) is 3.59. The molecule has 2 rings (SSSR count). The van der Waals surface area contributed by atoms with Crippen LogP contribution in [0.4, 0.5) is 5.82 Å². The Morgan fingerprint density at radius 3 is 2.65 bits per heavy atom. The monoisotopic (exact) mass is 314 g/mol. The first kappa shape index (κ1) is 16.7. The zero-order valence-electron chi connectivity index (χ0n) is 13.7. The second-order valence-corrected chi connectivity index (χ2v) is 4.93. The van der Waals surface area contributed by atoms with Crippen molar-refractivity contribution in [2.75, 3.05) is 25.5 Å². The Morgan fingerprint density at radius 2 is 1.96 bits per heavy atom. The van der Waals surface area contributed by atoms with Crippen molar-refractivity contribution in [3.05, 3.63) is 47.9 Å². The summed E-state index contributed by atoms with van der Waals surface area (Å²) < 4.78 is 5.32. The van der Waals surface area contributed by atoms with Crippen molar-refractivity contribution >= 4 is 11.7 Å². The van der Waals surface area contributed by atoms with Gasteiger partial charge in [0.1, 0.15) is 23.6 Å². The zero-order chi connectivity index (χ0) is 16.7. The number of hydrogen-bond acceptors (Lipinski definition) is 5. The minimum Gasteiger partial charge on any atom is -0.496 e. The molecule has 0 spiro atoms. The number of methoxy groups -OCH3 is 1. The molecule has 0 radical (unpaired) electrons. The number of rotatable bonds is 7. The maximum Gasteiger partial charge on any atom is 0.272 e. The molecule has 122 valence electrons. The lowest BCUT2D eigenvalue weighted by Gasteiger charge is -2.18. The lowest BCUT2D eigenvalue weighted by atomic mass is 10.2. The summed E-state index contributed by atoms with van der Waals surface area (Å²) in [6, 6.07) is 9.44. The minimum atomic E-state index is -0.0854. The molecule has 6 heteroatoms. The fraction of sp³-hybridized carbons (Fsp3) is 0.353. The maximum absolute atomic E-state index is 12.3. The van der Waals surface area contributed by atoms with E-state index in [1.54, 1.807) is 18.1 Å². The van der Waals surface area contributed by atoms with Crippen LogP contribution in [0.1, 0.15) is 29.9 Å². The molecule has 6 nitrogen and oxygen atoms in total. The molecule has 1 amide bonds. The van der Waals surface area contributed by atoms with E-state index in [1.807, 2.05) is 38.1 Å². The fourth-order valence-corrected chi connectivity index (χ4v) is 2.28. The summed E-state index contributed by atoms with van der Waals surface area (Å²) in [6.45, 7) is 5.76. The Balaban J connectivity index is 2.10. The van der Waals surface area contributed by atoms with Crippen LogP contribution in [0.3, 0.4) is 0 Å². The highest BCUT2D eigenvalue weighted by atomic mass is 16.5. The summed E-state index contributed by atoms with van der Waals surface area (Å²) in [7, 11) is 1.64. The van der Waals surface area contributed by atoms with Gasteiger partial charge in [-0.15, -0.1) is 0 Å². The molecule has 2 aromatic rings. The molecule has 0 saturated heterocycles. The van der Waals surface area contributed by atoms with E-state index in [9.17, 15) is 4.79 Å². The molecular formula is C17H22N4O2. The van der Waals surface area contributed by atoms with E-state index >= 15 is 0 Å². The van der Waals surface area contributed by atoms with Crippen molar-refractivity contribution in [2.45, 2.75) is 20.4 Å². The Kier molecular flexibility index (Phi) is 5.91. The Labute approximate surface area is 136 Å². The van der Waals surface area contributed by atoms with E-state index in [2.05, 4.69) is 15.3 Å². The minimum absolute atomic E-state index is 0.0854. The first-order chi connectivity index (χ1) is 11.2. The third kappa shape index (κ3) is 4.18. The van der Waals surface area contributed by atoms with Gasteiger partial charge >= 0.3 is 0 Å². The van der Waals surface area contributed by atoms with Gasteiger partial charge in [0.2, 0.25) is 0 Å². The Hall–Kier alpha value is -2.63. The van der Waals surface area contributed by atoms with Crippen LogP contribution in [0, 0.1) is 0 Å². The molecule has 0 saturated carbocycles. The number of ether oxygens (including phenoxy) is 1. The second kappa shape index (κ2) is 8.12. The van der Waals surface area contributed by atoms with Gasteiger partial charge in [0.15, 0.2) is 0 Å².